The number of carbonyl (C=O) groups is 1. The quantitative estimate of drug-likeness (QED) is 0.527. The third kappa shape index (κ3) is 4.95. The predicted molar refractivity (Wildman–Crippen MR) is 62.6 cm³/mol. The lowest BCUT2D eigenvalue weighted by Crippen LogP contribution is -2.35. The molecule has 94 valence electrons. The van der Waals surface area contributed by atoms with Crippen LogP contribution in [0.4, 0.5) is 0 Å². The first kappa shape index (κ1) is 13.6. The van der Waals surface area contributed by atoms with Crippen LogP contribution >= 0.6 is 0 Å². The first-order valence-corrected chi connectivity index (χ1v) is 5.40. The van der Waals surface area contributed by atoms with Gasteiger partial charge in [0.05, 0.1) is 25.7 Å². The van der Waals surface area contributed by atoms with Gasteiger partial charge in [0.2, 0.25) is 0 Å². The molecule has 0 fully saturated rings. The van der Waals surface area contributed by atoms with E-state index in [0.717, 1.165) is 11.1 Å². The third-order valence-electron chi connectivity index (χ3n) is 2.41. The van der Waals surface area contributed by atoms with E-state index in [2.05, 4.69) is 5.32 Å². The van der Waals surface area contributed by atoms with E-state index in [1.54, 1.807) is 12.1 Å². The van der Waals surface area contributed by atoms with E-state index in [4.69, 9.17) is 15.3 Å². The fourth-order valence-corrected chi connectivity index (χ4v) is 1.40. The SMILES string of the molecule is O=C(O)Cc1ccc(CNC(CO)CO)cc1. The molecule has 1 aromatic rings. The van der Waals surface area contributed by atoms with Crippen molar-refractivity contribution in [2.75, 3.05) is 13.2 Å². The number of rotatable bonds is 7. The van der Waals surface area contributed by atoms with Gasteiger partial charge in [-0.3, -0.25) is 4.79 Å². The van der Waals surface area contributed by atoms with Gasteiger partial charge in [-0.2, -0.15) is 0 Å². The molecular formula is C12H17NO4. The molecule has 0 heterocycles. The number of hydrogen-bond acceptors (Lipinski definition) is 4. The van der Waals surface area contributed by atoms with Crippen LogP contribution in [0.25, 0.3) is 0 Å². The Morgan fingerprint density at radius 3 is 2.12 bits per heavy atom. The Morgan fingerprint density at radius 2 is 1.65 bits per heavy atom. The van der Waals surface area contributed by atoms with Gasteiger partial charge in [0.25, 0.3) is 0 Å². The molecule has 5 nitrogen and oxygen atoms in total. The lowest BCUT2D eigenvalue weighted by Gasteiger charge is -2.13. The summed E-state index contributed by atoms with van der Waals surface area (Å²) in [6.07, 6.45) is 0.0175. The Labute approximate surface area is 99.7 Å². The van der Waals surface area contributed by atoms with Crippen molar-refractivity contribution in [2.24, 2.45) is 0 Å². The lowest BCUT2D eigenvalue weighted by atomic mass is 10.1. The van der Waals surface area contributed by atoms with Crippen molar-refractivity contribution < 1.29 is 20.1 Å². The van der Waals surface area contributed by atoms with E-state index in [1.807, 2.05) is 12.1 Å². The van der Waals surface area contributed by atoms with Crippen molar-refractivity contribution in [2.45, 2.75) is 19.0 Å². The van der Waals surface area contributed by atoms with Crippen LogP contribution in [0.5, 0.6) is 0 Å². The largest absolute Gasteiger partial charge is 0.481 e. The van der Waals surface area contributed by atoms with Crippen molar-refractivity contribution in [1.29, 1.82) is 0 Å². The zero-order valence-electron chi connectivity index (χ0n) is 9.47. The van der Waals surface area contributed by atoms with E-state index in [0.29, 0.717) is 6.54 Å². The standard InChI is InChI=1S/C12H17NO4/c14-7-11(8-15)13-6-10-3-1-9(2-4-10)5-12(16)17/h1-4,11,13-15H,5-8H2,(H,16,17). The summed E-state index contributed by atoms with van der Waals surface area (Å²) in [4.78, 5) is 10.5. The van der Waals surface area contributed by atoms with Gasteiger partial charge in [-0.1, -0.05) is 24.3 Å². The van der Waals surface area contributed by atoms with Crippen LogP contribution in [0.2, 0.25) is 0 Å². The number of hydrogen-bond donors (Lipinski definition) is 4. The summed E-state index contributed by atoms with van der Waals surface area (Å²) in [5, 5.41) is 29.3. The molecule has 1 aromatic carbocycles. The number of carboxylic acid groups (broad SMARTS) is 1. The maximum Gasteiger partial charge on any atom is 0.307 e. The maximum absolute atomic E-state index is 10.5. The van der Waals surface area contributed by atoms with E-state index >= 15 is 0 Å². The van der Waals surface area contributed by atoms with Crippen molar-refractivity contribution in [1.82, 2.24) is 5.32 Å². The Bertz CT molecular complexity index is 346. The molecule has 0 atom stereocenters. The summed E-state index contributed by atoms with van der Waals surface area (Å²) in [6.45, 7) is 0.292. The minimum absolute atomic E-state index is 0.0175. The smallest absolute Gasteiger partial charge is 0.307 e. The summed E-state index contributed by atoms with van der Waals surface area (Å²) in [6, 6.07) is 6.86. The van der Waals surface area contributed by atoms with E-state index in [9.17, 15) is 4.79 Å². The van der Waals surface area contributed by atoms with Crippen molar-refractivity contribution in [3.05, 3.63) is 35.4 Å². The summed E-state index contributed by atoms with van der Waals surface area (Å²) in [5.74, 6) is -0.850. The molecule has 0 radical (unpaired) electrons. The molecule has 0 saturated carbocycles. The Kier molecular flexibility index (Phi) is 5.62. The molecule has 17 heavy (non-hydrogen) atoms. The van der Waals surface area contributed by atoms with Crippen LogP contribution in [0.1, 0.15) is 11.1 Å². The van der Waals surface area contributed by atoms with Gasteiger partial charge in [-0.05, 0) is 11.1 Å². The molecular weight excluding hydrogens is 222 g/mol. The molecule has 0 bridgehead atoms. The highest BCUT2D eigenvalue weighted by molar-refractivity contribution is 5.70. The van der Waals surface area contributed by atoms with Crippen molar-refractivity contribution in [3.63, 3.8) is 0 Å². The van der Waals surface area contributed by atoms with Gasteiger partial charge < -0.3 is 20.6 Å². The summed E-state index contributed by atoms with van der Waals surface area (Å²) in [7, 11) is 0. The van der Waals surface area contributed by atoms with Gasteiger partial charge in [0.1, 0.15) is 0 Å². The molecule has 0 aliphatic heterocycles. The first-order valence-electron chi connectivity index (χ1n) is 5.40. The van der Waals surface area contributed by atoms with Crippen LogP contribution in [-0.2, 0) is 17.8 Å². The minimum Gasteiger partial charge on any atom is -0.481 e. The number of aliphatic carboxylic acids is 1. The molecule has 0 amide bonds. The molecule has 4 N–H and O–H groups in total. The minimum atomic E-state index is -0.850. The maximum atomic E-state index is 10.5. The number of aliphatic hydroxyl groups is 2. The van der Waals surface area contributed by atoms with E-state index < -0.39 is 5.97 Å². The fourth-order valence-electron chi connectivity index (χ4n) is 1.40. The summed E-state index contributed by atoms with van der Waals surface area (Å²) >= 11 is 0. The first-order chi connectivity index (χ1) is 8.15. The second-order valence-electron chi connectivity index (χ2n) is 3.83. The number of aliphatic hydroxyl groups excluding tert-OH is 2. The van der Waals surface area contributed by atoms with Crippen LogP contribution in [0.15, 0.2) is 24.3 Å². The number of carboxylic acids is 1. The van der Waals surface area contributed by atoms with Gasteiger partial charge in [0.15, 0.2) is 0 Å². The second kappa shape index (κ2) is 7.01. The van der Waals surface area contributed by atoms with Crippen LogP contribution in [-0.4, -0.2) is 40.5 Å². The summed E-state index contributed by atoms with van der Waals surface area (Å²) in [5.41, 5.74) is 1.73. The van der Waals surface area contributed by atoms with Crippen molar-refractivity contribution >= 4 is 5.97 Å². The Morgan fingerprint density at radius 1 is 1.12 bits per heavy atom. The van der Waals surface area contributed by atoms with Gasteiger partial charge >= 0.3 is 5.97 Å². The Hall–Kier alpha value is -1.43. The van der Waals surface area contributed by atoms with E-state index in [-0.39, 0.29) is 25.7 Å². The normalized spacial score (nSPS) is 10.8. The van der Waals surface area contributed by atoms with Crippen LogP contribution < -0.4 is 5.32 Å². The predicted octanol–water partition coefficient (Wildman–Crippen LogP) is -0.244. The highest BCUT2D eigenvalue weighted by Crippen LogP contribution is 2.05. The number of nitrogens with one attached hydrogen (secondary N) is 1. The highest BCUT2D eigenvalue weighted by Gasteiger charge is 2.05. The highest BCUT2D eigenvalue weighted by atomic mass is 16.4. The van der Waals surface area contributed by atoms with Gasteiger partial charge in [-0.25, -0.2) is 0 Å². The zero-order valence-corrected chi connectivity index (χ0v) is 9.47. The topological polar surface area (TPSA) is 89.8 Å². The van der Waals surface area contributed by atoms with Crippen molar-refractivity contribution in [3.8, 4) is 0 Å². The van der Waals surface area contributed by atoms with Gasteiger partial charge in [-0.15, -0.1) is 0 Å². The molecule has 0 aliphatic rings. The summed E-state index contributed by atoms with van der Waals surface area (Å²) < 4.78 is 0. The van der Waals surface area contributed by atoms with Gasteiger partial charge in [0, 0.05) is 6.54 Å². The lowest BCUT2D eigenvalue weighted by molar-refractivity contribution is -0.136. The monoisotopic (exact) mass is 239 g/mol. The Balaban J connectivity index is 2.47. The third-order valence-corrected chi connectivity index (χ3v) is 2.41. The second-order valence-corrected chi connectivity index (χ2v) is 3.83. The molecule has 5 heteroatoms. The average molecular weight is 239 g/mol. The molecule has 0 unspecified atom stereocenters. The molecule has 0 aliphatic carbocycles. The average Bonchev–Trinajstić information content (AvgIpc) is 2.32. The number of benzene rings is 1. The molecule has 0 aromatic heterocycles. The molecule has 0 spiro atoms. The fraction of sp³-hybridized carbons (Fsp3) is 0.417. The van der Waals surface area contributed by atoms with Crippen LogP contribution in [0.3, 0.4) is 0 Å². The molecule has 1 rings (SSSR count). The zero-order chi connectivity index (χ0) is 12.7. The molecule has 0 saturated heterocycles. The van der Waals surface area contributed by atoms with Crippen LogP contribution in [0, 0.1) is 0 Å². The van der Waals surface area contributed by atoms with E-state index in [1.165, 1.54) is 0 Å².